The van der Waals surface area contributed by atoms with Gasteiger partial charge in [0.1, 0.15) is 5.82 Å². The van der Waals surface area contributed by atoms with E-state index < -0.39 is 29.0 Å². The van der Waals surface area contributed by atoms with Crippen molar-refractivity contribution in [1.82, 2.24) is 15.5 Å². The Balaban J connectivity index is 1.52. The molecule has 0 bridgehead atoms. The summed E-state index contributed by atoms with van der Waals surface area (Å²) >= 11 is 0. The molecule has 2 aromatic carbocycles. The van der Waals surface area contributed by atoms with Crippen LogP contribution in [-0.4, -0.2) is 61.8 Å². The van der Waals surface area contributed by atoms with Gasteiger partial charge < -0.3 is 20.9 Å². The molecule has 1 saturated heterocycles. The van der Waals surface area contributed by atoms with Crippen LogP contribution in [-0.2, 0) is 11.3 Å². The zero-order chi connectivity index (χ0) is 30.7. The lowest BCUT2D eigenvalue weighted by atomic mass is 9.94. The first-order chi connectivity index (χ1) is 20.5. The smallest absolute Gasteiger partial charge is 0.387 e. The molecule has 2 fully saturated rings. The van der Waals surface area contributed by atoms with Crippen LogP contribution in [0.3, 0.4) is 0 Å². The lowest BCUT2D eigenvalue weighted by molar-refractivity contribution is -0.115. The fourth-order valence-corrected chi connectivity index (χ4v) is 6.39. The number of likely N-dealkylation sites (N-methyl/N-ethyl adjacent to an activating group) is 1. The van der Waals surface area contributed by atoms with E-state index in [0.717, 1.165) is 30.7 Å². The second-order valence-electron chi connectivity index (χ2n) is 12.0. The number of amides is 1. The molecule has 0 unspecified atom stereocenters. The molecule has 10 heteroatoms. The third-order valence-electron chi connectivity index (χ3n) is 9.04. The molecule has 0 aromatic heterocycles. The van der Waals surface area contributed by atoms with E-state index in [-0.39, 0.29) is 29.9 Å². The second-order valence-corrected chi connectivity index (χ2v) is 12.0. The fraction of sp³-hybridized carbons (Fsp3) is 0.485. The summed E-state index contributed by atoms with van der Waals surface area (Å²) in [5.41, 5.74) is 1.11. The number of rotatable bonds is 7. The summed E-state index contributed by atoms with van der Waals surface area (Å²) in [4.78, 5) is 17.7. The van der Waals surface area contributed by atoms with Gasteiger partial charge in [0, 0.05) is 56.1 Å². The fourth-order valence-electron chi connectivity index (χ4n) is 6.39. The number of benzene rings is 2. The first-order valence-electron chi connectivity index (χ1n) is 15.2. The molecule has 5 rings (SSSR count). The summed E-state index contributed by atoms with van der Waals surface area (Å²) in [6.45, 7) is 5.82. The lowest BCUT2D eigenvalue weighted by Crippen LogP contribution is -2.55. The molecule has 2 aromatic rings. The summed E-state index contributed by atoms with van der Waals surface area (Å²) in [6.07, 6.45) is 3.23. The first-order valence-corrected chi connectivity index (χ1v) is 15.2. The summed E-state index contributed by atoms with van der Waals surface area (Å²) < 4.78 is 57.4. The van der Waals surface area contributed by atoms with Gasteiger partial charge in [0.05, 0.1) is 22.5 Å². The summed E-state index contributed by atoms with van der Waals surface area (Å²) in [6, 6.07) is 11.2. The molecule has 3 aliphatic rings. The van der Waals surface area contributed by atoms with Gasteiger partial charge in [-0.1, -0.05) is 49.6 Å². The average Bonchev–Trinajstić information content (AvgIpc) is 2.99. The van der Waals surface area contributed by atoms with Crippen LogP contribution in [0.15, 0.2) is 59.8 Å². The standard InChI is InChI=1S/C33H41F4N5O/c1-21-19-42(20-22(2)41(21)3)31-16-29(34)26(25-12-8-7-9-23(25)17-39-24-10-5-4-6-11-24)15-30(31)40-32(43)27-18-38-14-13-28(27)33(35,36)37/h7-9,12-13,15-16,18,21-22,24,38-39H,4-6,10-11,14,17,19-20H2,1-3H3,(H,40,43)/t21-,22+. The molecular weight excluding hydrogens is 558 g/mol. The Labute approximate surface area is 251 Å². The SMILES string of the molecule is C[C@@H]1CN(c2cc(F)c(-c3ccccc3CNC3CCCCC3)cc2NC(=O)C2=CNCC=C2C(F)(F)F)C[C@H](C)N1C. The molecule has 2 heterocycles. The maximum Gasteiger partial charge on any atom is 0.416 e. The predicted octanol–water partition coefficient (Wildman–Crippen LogP) is 6.36. The van der Waals surface area contributed by atoms with Gasteiger partial charge in [0.2, 0.25) is 0 Å². The van der Waals surface area contributed by atoms with E-state index in [0.29, 0.717) is 36.9 Å². The van der Waals surface area contributed by atoms with Crippen molar-refractivity contribution in [3.05, 3.63) is 71.2 Å². The molecule has 2 aliphatic heterocycles. The number of alkyl halides is 3. The summed E-state index contributed by atoms with van der Waals surface area (Å²) in [5.74, 6) is -1.36. The zero-order valence-electron chi connectivity index (χ0n) is 25.0. The van der Waals surface area contributed by atoms with Crippen LogP contribution in [0.5, 0.6) is 0 Å². The molecule has 1 saturated carbocycles. The van der Waals surface area contributed by atoms with Crippen molar-refractivity contribution < 1.29 is 22.4 Å². The summed E-state index contributed by atoms with van der Waals surface area (Å²) in [5, 5.41) is 9.07. The Morgan fingerprint density at radius 1 is 1.02 bits per heavy atom. The van der Waals surface area contributed by atoms with Crippen LogP contribution in [0.4, 0.5) is 28.9 Å². The van der Waals surface area contributed by atoms with Crippen molar-refractivity contribution in [2.75, 3.05) is 36.9 Å². The second kappa shape index (κ2) is 13.1. The number of carbonyl (C=O) groups is 1. The highest BCUT2D eigenvalue weighted by atomic mass is 19.4. The maximum absolute atomic E-state index is 16.1. The molecular formula is C33H41F4N5O. The van der Waals surface area contributed by atoms with E-state index >= 15 is 4.39 Å². The first kappa shape index (κ1) is 31.1. The molecule has 43 heavy (non-hydrogen) atoms. The Hall–Kier alpha value is -3.37. The molecule has 0 spiro atoms. The van der Waals surface area contributed by atoms with Crippen LogP contribution in [0, 0.1) is 5.82 Å². The van der Waals surface area contributed by atoms with Gasteiger partial charge in [0.25, 0.3) is 5.91 Å². The molecule has 2 atom stereocenters. The highest BCUT2D eigenvalue weighted by Gasteiger charge is 2.39. The Morgan fingerprint density at radius 3 is 2.42 bits per heavy atom. The normalized spacial score (nSPS) is 22.1. The van der Waals surface area contributed by atoms with Crippen molar-refractivity contribution >= 4 is 17.3 Å². The van der Waals surface area contributed by atoms with Crippen molar-refractivity contribution in [2.24, 2.45) is 0 Å². The van der Waals surface area contributed by atoms with E-state index in [1.165, 1.54) is 25.3 Å². The van der Waals surface area contributed by atoms with E-state index in [1.807, 2.05) is 36.2 Å². The predicted molar refractivity (Wildman–Crippen MR) is 163 cm³/mol. The minimum atomic E-state index is -4.69. The zero-order valence-corrected chi connectivity index (χ0v) is 25.0. The Morgan fingerprint density at radius 2 is 1.72 bits per heavy atom. The topological polar surface area (TPSA) is 59.6 Å². The molecule has 6 nitrogen and oxygen atoms in total. The number of hydrogen-bond acceptors (Lipinski definition) is 5. The van der Waals surface area contributed by atoms with E-state index in [1.54, 1.807) is 6.07 Å². The highest BCUT2D eigenvalue weighted by molar-refractivity contribution is 6.09. The minimum absolute atomic E-state index is 0.0275. The van der Waals surface area contributed by atoms with E-state index in [2.05, 4.69) is 34.7 Å². The average molecular weight is 600 g/mol. The van der Waals surface area contributed by atoms with Gasteiger partial charge >= 0.3 is 6.18 Å². The van der Waals surface area contributed by atoms with Gasteiger partial charge in [-0.2, -0.15) is 13.2 Å². The number of piperazine rings is 1. The lowest BCUT2D eigenvalue weighted by Gasteiger charge is -2.44. The molecule has 0 radical (unpaired) electrons. The Bertz CT molecular complexity index is 1370. The van der Waals surface area contributed by atoms with Crippen molar-refractivity contribution in [3.8, 4) is 11.1 Å². The van der Waals surface area contributed by atoms with Crippen molar-refractivity contribution in [2.45, 2.75) is 76.8 Å². The monoisotopic (exact) mass is 599 g/mol. The maximum atomic E-state index is 16.1. The number of anilines is 2. The molecule has 1 amide bonds. The Kier molecular flexibility index (Phi) is 9.46. The van der Waals surface area contributed by atoms with Crippen molar-refractivity contribution in [1.29, 1.82) is 0 Å². The highest BCUT2D eigenvalue weighted by Crippen LogP contribution is 2.39. The van der Waals surface area contributed by atoms with Gasteiger partial charge in [-0.25, -0.2) is 4.39 Å². The van der Waals surface area contributed by atoms with Gasteiger partial charge in [-0.3, -0.25) is 9.69 Å². The number of carbonyl (C=O) groups excluding carboxylic acids is 1. The third-order valence-corrected chi connectivity index (χ3v) is 9.04. The molecule has 232 valence electrons. The van der Waals surface area contributed by atoms with E-state index in [4.69, 9.17) is 0 Å². The van der Waals surface area contributed by atoms with Crippen LogP contribution in [0.2, 0.25) is 0 Å². The van der Waals surface area contributed by atoms with Gasteiger partial charge in [0.15, 0.2) is 0 Å². The summed E-state index contributed by atoms with van der Waals surface area (Å²) in [7, 11) is 2.03. The minimum Gasteiger partial charge on any atom is -0.387 e. The van der Waals surface area contributed by atoms with Crippen LogP contribution in [0.1, 0.15) is 51.5 Å². The van der Waals surface area contributed by atoms with Crippen LogP contribution < -0.4 is 20.9 Å². The van der Waals surface area contributed by atoms with E-state index in [9.17, 15) is 18.0 Å². The van der Waals surface area contributed by atoms with Crippen LogP contribution in [0.25, 0.3) is 11.1 Å². The number of nitrogens with zero attached hydrogens (tertiary/aromatic N) is 2. The largest absolute Gasteiger partial charge is 0.416 e. The van der Waals surface area contributed by atoms with Crippen molar-refractivity contribution in [3.63, 3.8) is 0 Å². The quantitative estimate of drug-likeness (QED) is 0.324. The number of nitrogens with one attached hydrogen (secondary N) is 3. The number of hydrogen-bond donors (Lipinski definition) is 3. The molecule has 3 N–H and O–H groups in total. The number of dihydropyridines is 1. The third kappa shape index (κ3) is 7.07. The van der Waals surface area contributed by atoms with Gasteiger partial charge in [-0.15, -0.1) is 0 Å². The van der Waals surface area contributed by atoms with Crippen LogP contribution >= 0.6 is 0 Å². The number of halogens is 4. The van der Waals surface area contributed by atoms with Gasteiger partial charge in [-0.05, 0) is 57.0 Å². The molecule has 1 aliphatic carbocycles.